The molecule has 0 aliphatic carbocycles. The summed E-state index contributed by atoms with van der Waals surface area (Å²) in [5, 5.41) is 0.0701. The SMILES string of the molecule is CSc1ccccc1C(=O)Cc1ccc(Cl)c(F)c1. The summed E-state index contributed by atoms with van der Waals surface area (Å²) in [5.74, 6) is -0.517. The normalized spacial score (nSPS) is 10.5. The summed E-state index contributed by atoms with van der Waals surface area (Å²) in [4.78, 5) is 13.2. The van der Waals surface area contributed by atoms with Crippen molar-refractivity contribution in [1.29, 1.82) is 0 Å². The summed E-state index contributed by atoms with van der Waals surface area (Å²) >= 11 is 7.14. The van der Waals surface area contributed by atoms with Gasteiger partial charge in [-0.1, -0.05) is 35.9 Å². The van der Waals surface area contributed by atoms with Crippen LogP contribution in [0.5, 0.6) is 0 Å². The second kappa shape index (κ2) is 6.22. The van der Waals surface area contributed by atoms with Gasteiger partial charge in [0.25, 0.3) is 0 Å². The molecule has 0 bridgehead atoms. The van der Waals surface area contributed by atoms with E-state index in [2.05, 4.69) is 0 Å². The Labute approximate surface area is 120 Å². The molecule has 0 aliphatic heterocycles. The van der Waals surface area contributed by atoms with E-state index < -0.39 is 5.82 Å². The first kappa shape index (κ1) is 14.1. The Kier molecular flexibility index (Phi) is 4.61. The van der Waals surface area contributed by atoms with E-state index in [1.165, 1.54) is 23.9 Å². The molecule has 0 aromatic heterocycles. The molecule has 4 heteroatoms. The zero-order valence-electron chi connectivity index (χ0n) is 10.3. The third-order valence-corrected chi connectivity index (χ3v) is 3.86. The summed E-state index contributed by atoms with van der Waals surface area (Å²) < 4.78 is 13.3. The Hall–Kier alpha value is -1.32. The van der Waals surface area contributed by atoms with Crippen LogP contribution in [0.3, 0.4) is 0 Å². The number of halogens is 2. The molecule has 0 aliphatic rings. The molecular formula is C15H12ClFOS. The molecule has 0 spiro atoms. The predicted octanol–water partition coefficient (Wildman–Crippen LogP) is 4.63. The maximum Gasteiger partial charge on any atom is 0.168 e. The summed E-state index contributed by atoms with van der Waals surface area (Å²) in [6.07, 6.45) is 2.10. The smallest absolute Gasteiger partial charge is 0.168 e. The molecule has 0 amide bonds. The number of ketones is 1. The number of benzene rings is 2. The van der Waals surface area contributed by atoms with Crippen molar-refractivity contribution in [3.05, 3.63) is 64.4 Å². The van der Waals surface area contributed by atoms with Crippen LogP contribution in [0.25, 0.3) is 0 Å². The molecule has 2 aromatic carbocycles. The summed E-state index contributed by atoms with van der Waals surface area (Å²) in [6.45, 7) is 0. The minimum absolute atomic E-state index is 0.0216. The van der Waals surface area contributed by atoms with Crippen molar-refractivity contribution in [3.8, 4) is 0 Å². The lowest BCUT2D eigenvalue weighted by Crippen LogP contribution is -2.05. The van der Waals surface area contributed by atoms with Gasteiger partial charge in [-0.15, -0.1) is 11.8 Å². The van der Waals surface area contributed by atoms with E-state index in [9.17, 15) is 9.18 Å². The van der Waals surface area contributed by atoms with E-state index in [1.54, 1.807) is 12.1 Å². The molecule has 2 aromatic rings. The maximum absolute atomic E-state index is 13.3. The van der Waals surface area contributed by atoms with Gasteiger partial charge in [0, 0.05) is 16.9 Å². The van der Waals surface area contributed by atoms with E-state index in [4.69, 9.17) is 11.6 Å². The summed E-state index contributed by atoms with van der Waals surface area (Å²) in [6, 6.07) is 11.9. The van der Waals surface area contributed by atoms with Gasteiger partial charge in [0.15, 0.2) is 5.78 Å². The fourth-order valence-corrected chi connectivity index (χ4v) is 2.54. The van der Waals surface area contributed by atoms with Crippen LogP contribution in [0, 0.1) is 5.82 Å². The van der Waals surface area contributed by atoms with Crippen molar-refractivity contribution in [3.63, 3.8) is 0 Å². The van der Waals surface area contributed by atoms with Crippen molar-refractivity contribution < 1.29 is 9.18 Å². The topological polar surface area (TPSA) is 17.1 Å². The maximum atomic E-state index is 13.3. The lowest BCUT2D eigenvalue weighted by Gasteiger charge is -2.06. The van der Waals surface area contributed by atoms with E-state index in [-0.39, 0.29) is 17.2 Å². The van der Waals surface area contributed by atoms with E-state index in [0.717, 1.165) is 4.90 Å². The van der Waals surface area contributed by atoms with Gasteiger partial charge in [0.1, 0.15) is 5.82 Å². The molecule has 0 radical (unpaired) electrons. The van der Waals surface area contributed by atoms with Gasteiger partial charge >= 0.3 is 0 Å². The monoisotopic (exact) mass is 294 g/mol. The van der Waals surface area contributed by atoms with Crippen LogP contribution < -0.4 is 0 Å². The van der Waals surface area contributed by atoms with Crippen LogP contribution in [0.1, 0.15) is 15.9 Å². The highest BCUT2D eigenvalue weighted by Crippen LogP contribution is 2.22. The number of rotatable bonds is 4. The highest BCUT2D eigenvalue weighted by Gasteiger charge is 2.12. The number of hydrogen-bond acceptors (Lipinski definition) is 2. The van der Waals surface area contributed by atoms with Crippen molar-refractivity contribution in [2.24, 2.45) is 0 Å². The van der Waals surface area contributed by atoms with Crippen molar-refractivity contribution in [2.75, 3.05) is 6.26 Å². The average Bonchev–Trinajstić information content (AvgIpc) is 2.43. The molecule has 0 heterocycles. The first-order chi connectivity index (χ1) is 9.11. The highest BCUT2D eigenvalue weighted by atomic mass is 35.5. The molecule has 2 rings (SSSR count). The van der Waals surface area contributed by atoms with Crippen LogP contribution in [-0.4, -0.2) is 12.0 Å². The molecule has 98 valence electrons. The third-order valence-electron chi connectivity index (χ3n) is 2.76. The van der Waals surface area contributed by atoms with Gasteiger partial charge in [-0.2, -0.15) is 0 Å². The van der Waals surface area contributed by atoms with Crippen LogP contribution in [0.2, 0.25) is 5.02 Å². The Bertz CT molecular complexity index is 613. The van der Waals surface area contributed by atoms with Gasteiger partial charge < -0.3 is 0 Å². The standard InChI is InChI=1S/C15H12ClFOS/c1-19-15-5-3-2-4-11(15)14(18)9-10-6-7-12(16)13(17)8-10/h2-8H,9H2,1H3. The van der Waals surface area contributed by atoms with Crippen molar-refractivity contribution >= 4 is 29.1 Å². The fraction of sp³-hybridized carbons (Fsp3) is 0.133. The zero-order chi connectivity index (χ0) is 13.8. The van der Waals surface area contributed by atoms with Crippen LogP contribution in [-0.2, 0) is 6.42 Å². The Morgan fingerprint density at radius 3 is 2.68 bits per heavy atom. The molecule has 0 unspecified atom stereocenters. The minimum Gasteiger partial charge on any atom is -0.294 e. The molecule has 1 nitrogen and oxygen atoms in total. The Morgan fingerprint density at radius 1 is 1.26 bits per heavy atom. The number of Topliss-reactive ketones (excluding diaryl/α,β-unsaturated/α-hetero) is 1. The molecule has 0 N–H and O–H groups in total. The lowest BCUT2D eigenvalue weighted by atomic mass is 10.0. The molecule has 0 atom stereocenters. The molecular weight excluding hydrogens is 283 g/mol. The van der Waals surface area contributed by atoms with Gasteiger partial charge in [-0.25, -0.2) is 4.39 Å². The van der Waals surface area contributed by atoms with Crippen LogP contribution in [0.4, 0.5) is 4.39 Å². The number of carbonyl (C=O) groups excluding carboxylic acids is 1. The molecule has 0 saturated heterocycles. The molecule has 0 fully saturated rings. The number of carbonyl (C=O) groups is 1. The second-order valence-electron chi connectivity index (χ2n) is 4.05. The first-order valence-electron chi connectivity index (χ1n) is 5.72. The van der Waals surface area contributed by atoms with E-state index >= 15 is 0 Å². The largest absolute Gasteiger partial charge is 0.294 e. The minimum atomic E-state index is -0.495. The summed E-state index contributed by atoms with van der Waals surface area (Å²) in [7, 11) is 0. The van der Waals surface area contributed by atoms with Crippen LogP contribution in [0.15, 0.2) is 47.4 Å². The van der Waals surface area contributed by atoms with E-state index in [0.29, 0.717) is 11.1 Å². The van der Waals surface area contributed by atoms with Gasteiger partial charge in [-0.3, -0.25) is 4.79 Å². The molecule has 19 heavy (non-hydrogen) atoms. The van der Waals surface area contributed by atoms with Gasteiger partial charge in [-0.05, 0) is 30.0 Å². The molecule has 0 saturated carbocycles. The average molecular weight is 295 g/mol. The van der Waals surface area contributed by atoms with Gasteiger partial charge in [0.2, 0.25) is 0 Å². The van der Waals surface area contributed by atoms with Gasteiger partial charge in [0.05, 0.1) is 5.02 Å². The summed E-state index contributed by atoms with van der Waals surface area (Å²) in [5.41, 5.74) is 1.30. The quantitative estimate of drug-likeness (QED) is 0.604. The Morgan fingerprint density at radius 2 is 2.00 bits per heavy atom. The lowest BCUT2D eigenvalue weighted by molar-refractivity contribution is 0.0990. The number of thioether (sulfide) groups is 1. The van der Waals surface area contributed by atoms with E-state index in [1.807, 2.05) is 24.5 Å². The van der Waals surface area contributed by atoms with Crippen molar-refractivity contribution in [1.82, 2.24) is 0 Å². The highest BCUT2D eigenvalue weighted by molar-refractivity contribution is 7.98. The Balaban J connectivity index is 2.23. The second-order valence-corrected chi connectivity index (χ2v) is 5.30. The van der Waals surface area contributed by atoms with Crippen molar-refractivity contribution in [2.45, 2.75) is 11.3 Å². The zero-order valence-corrected chi connectivity index (χ0v) is 11.9. The fourth-order valence-electron chi connectivity index (χ4n) is 1.81. The predicted molar refractivity (Wildman–Crippen MR) is 77.7 cm³/mol. The number of hydrogen-bond donors (Lipinski definition) is 0. The third kappa shape index (κ3) is 3.37. The van der Waals surface area contributed by atoms with Crippen LogP contribution >= 0.6 is 23.4 Å². The first-order valence-corrected chi connectivity index (χ1v) is 7.32.